The average molecular weight is 290 g/mol. The van der Waals surface area contributed by atoms with E-state index in [-0.39, 0.29) is 12.5 Å². The maximum absolute atomic E-state index is 11.5. The molecule has 0 radical (unpaired) electrons. The Kier molecular flexibility index (Phi) is 8.49. The molecule has 0 aliphatic heterocycles. The molecular formula is C12H22N2O6. The van der Waals surface area contributed by atoms with Crippen molar-refractivity contribution in [2.24, 2.45) is 11.7 Å². The number of nitrogens with one attached hydrogen (secondary N) is 1. The molecule has 3 atom stereocenters. The highest BCUT2D eigenvalue weighted by Crippen LogP contribution is 2.03. The van der Waals surface area contributed by atoms with Gasteiger partial charge in [-0.2, -0.15) is 0 Å². The van der Waals surface area contributed by atoms with Crippen LogP contribution in [-0.2, 0) is 19.1 Å². The summed E-state index contributed by atoms with van der Waals surface area (Å²) in [5.41, 5.74) is 5.36. The summed E-state index contributed by atoms with van der Waals surface area (Å²) >= 11 is 0. The van der Waals surface area contributed by atoms with Crippen molar-refractivity contribution >= 4 is 17.8 Å². The number of rotatable bonds is 9. The predicted octanol–water partition coefficient (Wildman–Crippen LogP) is -1.15. The Morgan fingerprint density at radius 2 is 1.95 bits per heavy atom. The summed E-state index contributed by atoms with van der Waals surface area (Å²) in [7, 11) is 0. The van der Waals surface area contributed by atoms with Crippen molar-refractivity contribution in [2.45, 2.75) is 38.8 Å². The summed E-state index contributed by atoms with van der Waals surface area (Å²) in [6.07, 6.45) is 0.106. The highest BCUT2D eigenvalue weighted by Gasteiger charge is 2.21. The van der Waals surface area contributed by atoms with Gasteiger partial charge in [-0.25, -0.2) is 0 Å². The van der Waals surface area contributed by atoms with Gasteiger partial charge in [0.2, 0.25) is 5.91 Å². The highest BCUT2D eigenvalue weighted by atomic mass is 16.5. The van der Waals surface area contributed by atoms with Crippen molar-refractivity contribution in [1.29, 1.82) is 0 Å². The molecule has 0 fully saturated rings. The molecule has 8 nitrogen and oxygen atoms in total. The number of esters is 1. The Morgan fingerprint density at radius 3 is 2.40 bits per heavy atom. The number of aliphatic carboxylic acids is 1. The van der Waals surface area contributed by atoms with Crippen molar-refractivity contribution in [3.63, 3.8) is 0 Å². The van der Waals surface area contributed by atoms with E-state index in [0.717, 1.165) is 0 Å². The lowest BCUT2D eigenvalue weighted by Gasteiger charge is -2.19. The fraction of sp³-hybridized carbons (Fsp3) is 0.750. The number of aliphatic hydroxyl groups excluding tert-OH is 1. The van der Waals surface area contributed by atoms with Crippen LogP contribution in [0.5, 0.6) is 0 Å². The molecule has 5 N–H and O–H groups in total. The van der Waals surface area contributed by atoms with E-state index >= 15 is 0 Å². The molecule has 0 aromatic carbocycles. The molecule has 0 spiro atoms. The van der Waals surface area contributed by atoms with Crippen molar-refractivity contribution in [1.82, 2.24) is 5.32 Å². The number of aliphatic hydroxyl groups is 1. The van der Waals surface area contributed by atoms with Crippen LogP contribution in [0.4, 0.5) is 0 Å². The van der Waals surface area contributed by atoms with E-state index in [1.165, 1.54) is 0 Å². The second-order valence-electron chi connectivity index (χ2n) is 4.53. The maximum Gasteiger partial charge on any atom is 0.308 e. The molecule has 0 saturated heterocycles. The van der Waals surface area contributed by atoms with Crippen molar-refractivity contribution in [2.75, 3.05) is 13.2 Å². The topological polar surface area (TPSA) is 139 Å². The van der Waals surface area contributed by atoms with E-state index < -0.39 is 43.0 Å². The zero-order valence-electron chi connectivity index (χ0n) is 11.7. The summed E-state index contributed by atoms with van der Waals surface area (Å²) < 4.78 is 4.94. The Morgan fingerprint density at radius 1 is 1.35 bits per heavy atom. The van der Waals surface area contributed by atoms with Crippen LogP contribution in [-0.4, -0.2) is 53.4 Å². The summed E-state index contributed by atoms with van der Waals surface area (Å²) in [5, 5.41) is 19.9. The fourth-order valence-corrected chi connectivity index (χ4v) is 1.22. The molecule has 0 aliphatic rings. The molecule has 0 heterocycles. The fourth-order valence-electron chi connectivity index (χ4n) is 1.22. The SMILES string of the molecule is CCC(C)C(=O)OCC(CO)NC(=O)C(N)CC(=O)O. The van der Waals surface area contributed by atoms with E-state index in [1.54, 1.807) is 6.92 Å². The number of carboxylic acids is 1. The smallest absolute Gasteiger partial charge is 0.308 e. The molecule has 8 heteroatoms. The molecule has 0 saturated carbocycles. The van der Waals surface area contributed by atoms with Crippen LogP contribution in [0.15, 0.2) is 0 Å². The number of nitrogens with two attached hydrogens (primary N) is 1. The molecule has 0 aromatic heterocycles. The van der Waals surface area contributed by atoms with Crippen LogP contribution < -0.4 is 11.1 Å². The van der Waals surface area contributed by atoms with Crippen molar-refractivity contribution in [3.05, 3.63) is 0 Å². The number of ether oxygens (including phenoxy) is 1. The first-order valence-electron chi connectivity index (χ1n) is 6.37. The Balaban J connectivity index is 4.24. The molecule has 0 rings (SSSR count). The van der Waals surface area contributed by atoms with Gasteiger partial charge in [0.25, 0.3) is 0 Å². The minimum atomic E-state index is -1.22. The van der Waals surface area contributed by atoms with Crippen LogP contribution in [0, 0.1) is 5.92 Å². The summed E-state index contributed by atoms with van der Waals surface area (Å²) in [4.78, 5) is 33.4. The average Bonchev–Trinajstić information content (AvgIpc) is 2.40. The molecule has 0 aliphatic carbocycles. The highest BCUT2D eigenvalue weighted by molar-refractivity contribution is 5.86. The number of hydrogen-bond donors (Lipinski definition) is 4. The first-order valence-corrected chi connectivity index (χ1v) is 6.37. The van der Waals surface area contributed by atoms with Crippen LogP contribution in [0.3, 0.4) is 0 Å². The molecule has 0 bridgehead atoms. The number of amides is 1. The number of carbonyl (C=O) groups is 3. The van der Waals surface area contributed by atoms with Gasteiger partial charge in [-0.15, -0.1) is 0 Å². The molecule has 3 unspecified atom stereocenters. The Labute approximate surface area is 117 Å². The van der Waals surface area contributed by atoms with Gasteiger partial charge in [-0.1, -0.05) is 13.8 Å². The van der Waals surface area contributed by atoms with Crippen LogP contribution in [0.1, 0.15) is 26.7 Å². The van der Waals surface area contributed by atoms with E-state index in [0.29, 0.717) is 6.42 Å². The molecule has 20 heavy (non-hydrogen) atoms. The second kappa shape index (κ2) is 9.27. The molecular weight excluding hydrogens is 268 g/mol. The number of carboxylic acid groups (broad SMARTS) is 1. The van der Waals surface area contributed by atoms with Gasteiger partial charge in [0.1, 0.15) is 6.61 Å². The first kappa shape index (κ1) is 18.3. The van der Waals surface area contributed by atoms with Crippen LogP contribution in [0.2, 0.25) is 0 Å². The zero-order valence-corrected chi connectivity index (χ0v) is 11.7. The molecule has 0 aromatic rings. The van der Waals surface area contributed by atoms with Crippen molar-refractivity contribution < 1.29 is 29.3 Å². The van der Waals surface area contributed by atoms with Crippen LogP contribution >= 0.6 is 0 Å². The van der Waals surface area contributed by atoms with Crippen LogP contribution in [0.25, 0.3) is 0 Å². The van der Waals surface area contributed by atoms with Gasteiger partial charge >= 0.3 is 11.9 Å². The lowest BCUT2D eigenvalue weighted by molar-refractivity contribution is -0.149. The van der Waals surface area contributed by atoms with Gasteiger partial charge in [-0.05, 0) is 6.42 Å². The summed E-state index contributed by atoms with van der Waals surface area (Å²) in [5.74, 6) is -2.60. The minimum Gasteiger partial charge on any atom is -0.481 e. The second-order valence-corrected chi connectivity index (χ2v) is 4.53. The largest absolute Gasteiger partial charge is 0.481 e. The Hall–Kier alpha value is -1.67. The lowest BCUT2D eigenvalue weighted by atomic mass is 10.1. The van der Waals surface area contributed by atoms with E-state index in [1.807, 2.05) is 6.92 Å². The van der Waals surface area contributed by atoms with Gasteiger partial charge in [0.05, 0.1) is 31.0 Å². The normalized spacial score (nSPS) is 15.0. The zero-order chi connectivity index (χ0) is 15.7. The quantitative estimate of drug-likeness (QED) is 0.393. The van der Waals surface area contributed by atoms with Crippen molar-refractivity contribution in [3.8, 4) is 0 Å². The first-order chi connectivity index (χ1) is 9.31. The maximum atomic E-state index is 11.5. The molecule has 1 amide bonds. The number of carbonyl (C=O) groups excluding carboxylic acids is 2. The predicted molar refractivity (Wildman–Crippen MR) is 69.7 cm³/mol. The lowest BCUT2D eigenvalue weighted by Crippen LogP contribution is -2.49. The number of hydrogen-bond acceptors (Lipinski definition) is 6. The van der Waals surface area contributed by atoms with E-state index in [2.05, 4.69) is 5.32 Å². The Bertz CT molecular complexity index is 347. The van der Waals surface area contributed by atoms with Gasteiger partial charge in [0, 0.05) is 0 Å². The summed E-state index contributed by atoms with van der Waals surface area (Å²) in [6, 6.07) is -2.03. The third-order valence-corrected chi connectivity index (χ3v) is 2.74. The van der Waals surface area contributed by atoms with Gasteiger partial charge < -0.3 is 26.0 Å². The van der Waals surface area contributed by atoms with E-state index in [9.17, 15) is 14.4 Å². The van der Waals surface area contributed by atoms with E-state index in [4.69, 9.17) is 20.7 Å². The third-order valence-electron chi connectivity index (χ3n) is 2.74. The minimum absolute atomic E-state index is 0.189. The molecule has 116 valence electrons. The van der Waals surface area contributed by atoms with Gasteiger partial charge in [-0.3, -0.25) is 14.4 Å². The monoisotopic (exact) mass is 290 g/mol. The third kappa shape index (κ3) is 7.05. The summed E-state index contributed by atoms with van der Waals surface area (Å²) in [6.45, 7) is 2.91. The van der Waals surface area contributed by atoms with Gasteiger partial charge in [0.15, 0.2) is 0 Å². The standard InChI is InChI=1S/C12H22N2O6/c1-3-7(2)12(19)20-6-8(5-15)14-11(18)9(13)4-10(16)17/h7-9,15H,3-6,13H2,1-2H3,(H,14,18)(H,16,17).